The summed E-state index contributed by atoms with van der Waals surface area (Å²) in [5.74, 6) is 0.185. The van der Waals surface area contributed by atoms with E-state index in [1.54, 1.807) is 31.0 Å². The summed E-state index contributed by atoms with van der Waals surface area (Å²) in [7, 11) is 4.41. The maximum atomic E-state index is 12.9. The number of esters is 1. The van der Waals surface area contributed by atoms with E-state index in [0.717, 1.165) is 28.1 Å². The number of ether oxygens (including phenoxy) is 3. The summed E-state index contributed by atoms with van der Waals surface area (Å²) in [6.07, 6.45) is 0.486. The summed E-state index contributed by atoms with van der Waals surface area (Å²) in [5.41, 5.74) is 4.39. The van der Waals surface area contributed by atoms with Gasteiger partial charge in [0.25, 0.3) is 5.91 Å². The number of hydrogen-bond donors (Lipinski definition) is 1. The van der Waals surface area contributed by atoms with E-state index in [1.807, 2.05) is 24.3 Å². The van der Waals surface area contributed by atoms with Crippen LogP contribution in [0.1, 0.15) is 21.6 Å². The highest BCUT2D eigenvalue weighted by Gasteiger charge is 2.32. The maximum Gasteiger partial charge on any atom is 0.325 e. The molecule has 0 aliphatic heterocycles. The van der Waals surface area contributed by atoms with Crippen LogP contribution >= 0.6 is 11.6 Å². The fourth-order valence-electron chi connectivity index (χ4n) is 3.63. The topological polar surface area (TPSA) is 91.7 Å². The van der Waals surface area contributed by atoms with Crippen LogP contribution in [-0.2, 0) is 16.0 Å². The first-order chi connectivity index (χ1) is 15.0. The summed E-state index contributed by atoms with van der Waals surface area (Å²) in [4.78, 5) is 24.3. The van der Waals surface area contributed by atoms with Gasteiger partial charge >= 0.3 is 5.97 Å². The van der Waals surface area contributed by atoms with Crippen molar-refractivity contribution in [2.24, 2.45) is 0 Å². The molecule has 1 aliphatic rings. The van der Waals surface area contributed by atoms with Crippen molar-refractivity contribution in [1.29, 1.82) is 0 Å². The second-order valence-corrected chi connectivity index (χ2v) is 7.30. The fraction of sp³-hybridized carbons (Fsp3) is 0.227. The summed E-state index contributed by atoms with van der Waals surface area (Å²) < 4.78 is 17.2. The van der Waals surface area contributed by atoms with Crippen LogP contribution in [0.2, 0.25) is 5.02 Å². The molecule has 2 aromatic carbocycles. The first-order valence-electron chi connectivity index (χ1n) is 9.45. The molecule has 0 atom stereocenters. The van der Waals surface area contributed by atoms with Gasteiger partial charge in [-0.15, -0.1) is 0 Å². The summed E-state index contributed by atoms with van der Waals surface area (Å²) in [5, 5.41) is 7.73. The van der Waals surface area contributed by atoms with Crippen molar-refractivity contribution in [2.45, 2.75) is 6.42 Å². The molecule has 0 spiro atoms. The van der Waals surface area contributed by atoms with Gasteiger partial charge in [0, 0.05) is 22.6 Å². The van der Waals surface area contributed by atoms with E-state index in [2.05, 4.69) is 15.2 Å². The lowest BCUT2D eigenvalue weighted by Gasteiger charge is -2.12. The van der Waals surface area contributed by atoms with Crippen LogP contribution in [0.15, 0.2) is 36.4 Å². The molecule has 0 fully saturated rings. The van der Waals surface area contributed by atoms with Gasteiger partial charge in [0.1, 0.15) is 6.54 Å². The highest BCUT2D eigenvalue weighted by atomic mass is 35.5. The van der Waals surface area contributed by atoms with Crippen LogP contribution in [0.3, 0.4) is 0 Å². The van der Waals surface area contributed by atoms with E-state index < -0.39 is 11.9 Å². The normalized spacial score (nSPS) is 11.5. The third-order valence-corrected chi connectivity index (χ3v) is 5.37. The lowest BCUT2D eigenvalue weighted by molar-refractivity contribution is -0.139. The van der Waals surface area contributed by atoms with Crippen molar-refractivity contribution in [3.63, 3.8) is 0 Å². The molecule has 0 bridgehead atoms. The number of halogens is 1. The number of carbonyl (C=O) groups excluding carboxylic acids is 2. The highest BCUT2D eigenvalue weighted by Crippen LogP contribution is 2.44. The number of nitrogens with one attached hydrogen (secondary N) is 1. The molecule has 4 rings (SSSR count). The van der Waals surface area contributed by atoms with Crippen molar-refractivity contribution in [1.82, 2.24) is 15.1 Å². The molecule has 31 heavy (non-hydrogen) atoms. The van der Waals surface area contributed by atoms with E-state index in [9.17, 15) is 9.59 Å². The van der Waals surface area contributed by atoms with Crippen molar-refractivity contribution in [3.05, 3.63) is 58.2 Å². The Balaban J connectivity index is 1.85. The molecule has 160 valence electrons. The van der Waals surface area contributed by atoms with Crippen molar-refractivity contribution in [3.8, 4) is 28.4 Å². The number of amides is 1. The Morgan fingerprint density at radius 2 is 1.77 bits per heavy atom. The zero-order chi connectivity index (χ0) is 22.1. The standard InChI is InChI=1S/C22H20ClN3O5/c1-29-17-9-12-8-16-20(22(28)24-11-19(27)31-3)25-26(14-6-4-13(23)5-7-14)21(16)15(12)10-18(17)30-2/h4-7,9-10H,8,11H2,1-3H3,(H,24,28). The van der Waals surface area contributed by atoms with Crippen LogP contribution in [0.4, 0.5) is 0 Å². The predicted octanol–water partition coefficient (Wildman–Crippen LogP) is 3.02. The van der Waals surface area contributed by atoms with Gasteiger partial charge in [-0.05, 0) is 42.0 Å². The Bertz CT molecular complexity index is 1170. The lowest BCUT2D eigenvalue weighted by atomic mass is 10.1. The second-order valence-electron chi connectivity index (χ2n) is 6.86. The molecule has 0 saturated carbocycles. The summed E-state index contributed by atoms with van der Waals surface area (Å²) >= 11 is 6.04. The Labute approximate surface area is 183 Å². The smallest absolute Gasteiger partial charge is 0.325 e. The Morgan fingerprint density at radius 3 is 2.42 bits per heavy atom. The predicted molar refractivity (Wildman–Crippen MR) is 114 cm³/mol. The zero-order valence-electron chi connectivity index (χ0n) is 17.2. The minimum absolute atomic E-state index is 0.239. The van der Waals surface area contributed by atoms with E-state index in [-0.39, 0.29) is 12.2 Å². The SMILES string of the molecule is COC(=O)CNC(=O)c1nn(-c2ccc(Cl)cc2)c2c1Cc1cc(OC)c(OC)cc1-2. The van der Waals surface area contributed by atoms with E-state index in [1.165, 1.54) is 7.11 Å². The molecular formula is C22H20ClN3O5. The van der Waals surface area contributed by atoms with Gasteiger partial charge in [-0.25, -0.2) is 4.68 Å². The minimum Gasteiger partial charge on any atom is -0.493 e. The Morgan fingerprint density at radius 1 is 1.10 bits per heavy atom. The molecule has 1 amide bonds. The molecule has 1 aliphatic carbocycles. The fourth-order valence-corrected chi connectivity index (χ4v) is 3.76. The van der Waals surface area contributed by atoms with E-state index in [4.69, 9.17) is 21.1 Å². The summed E-state index contributed by atoms with van der Waals surface area (Å²) in [6.45, 7) is -0.244. The number of aromatic nitrogens is 2. The second kappa shape index (κ2) is 8.31. The molecule has 1 heterocycles. The number of fused-ring (bicyclic) bond motifs is 3. The van der Waals surface area contributed by atoms with Crippen LogP contribution in [-0.4, -0.2) is 49.5 Å². The molecule has 1 aromatic heterocycles. The van der Waals surface area contributed by atoms with Gasteiger partial charge in [0.05, 0.1) is 32.7 Å². The largest absolute Gasteiger partial charge is 0.493 e. The average Bonchev–Trinajstić information content (AvgIpc) is 3.33. The molecular weight excluding hydrogens is 422 g/mol. The number of carbonyl (C=O) groups is 2. The van der Waals surface area contributed by atoms with Gasteiger partial charge in [0.15, 0.2) is 17.2 Å². The minimum atomic E-state index is -0.542. The molecule has 1 N–H and O–H groups in total. The van der Waals surface area contributed by atoms with Gasteiger partial charge < -0.3 is 19.5 Å². The van der Waals surface area contributed by atoms with E-state index in [0.29, 0.717) is 22.9 Å². The first kappa shape index (κ1) is 20.7. The number of benzene rings is 2. The molecule has 8 nitrogen and oxygen atoms in total. The van der Waals surface area contributed by atoms with Gasteiger partial charge in [0.2, 0.25) is 0 Å². The van der Waals surface area contributed by atoms with Crippen LogP contribution in [0.5, 0.6) is 11.5 Å². The van der Waals surface area contributed by atoms with Crippen LogP contribution in [0, 0.1) is 0 Å². The monoisotopic (exact) mass is 441 g/mol. The number of nitrogens with zero attached hydrogens (tertiary/aromatic N) is 2. The Hall–Kier alpha value is -3.52. The van der Waals surface area contributed by atoms with Gasteiger partial charge in [-0.2, -0.15) is 5.10 Å². The summed E-state index contributed by atoms with van der Waals surface area (Å²) in [6, 6.07) is 10.9. The molecule has 3 aromatic rings. The van der Waals surface area contributed by atoms with Crippen molar-refractivity contribution < 1.29 is 23.8 Å². The third kappa shape index (κ3) is 3.70. The van der Waals surface area contributed by atoms with Crippen molar-refractivity contribution >= 4 is 23.5 Å². The average molecular weight is 442 g/mol. The highest BCUT2D eigenvalue weighted by molar-refractivity contribution is 6.30. The third-order valence-electron chi connectivity index (χ3n) is 5.12. The van der Waals surface area contributed by atoms with Gasteiger partial charge in [-0.3, -0.25) is 9.59 Å². The number of rotatable bonds is 6. The quantitative estimate of drug-likeness (QED) is 0.462. The maximum absolute atomic E-state index is 12.9. The van der Waals surface area contributed by atoms with Crippen LogP contribution in [0.25, 0.3) is 16.9 Å². The van der Waals surface area contributed by atoms with Gasteiger partial charge in [-0.1, -0.05) is 11.6 Å². The van der Waals surface area contributed by atoms with Crippen molar-refractivity contribution in [2.75, 3.05) is 27.9 Å². The molecule has 0 radical (unpaired) electrons. The van der Waals surface area contributed by atoms with Crippen LogP contribution < -0.4 is 14.8 Å². The lowest BCUT2D eigenvalue weighted by Crippen LogP contribution is -2.31. The Kier molecular flexibility index (Phi) is 5.56. The molecule has 0 saturated heterocycles. The van der Waals surface area contributed by atoms with E-state index >= 15 is 0 Å². The number of methoxy groups -OCH3 is 3. The first-order valence-corrected chi connectivity index (χ1v) is 9.82. The molecule has 9 heteroatoms. The molecule has 0 unspecified atom stereocenters. The zero-order valence-corrected chi connectivity index (χ0v) is 17.9. The number of hydrogen-bond acceptors (Lipinski definition) is 6.